The third-order valence-electron chi connectivity index (χ3n) is 0.796. The zero-order valence-corrected chi connectivity index (χ0v) is 19.1. The molecule has 0 atom stereocenters. The molecular weight excluding hydrogens is 593 g/mol. The van der Waals surface area contributed by atoms with Gasteiger partial charge in [0.1, 0.15) is 0 Å². The molecule has 0 fully saturated rings. The van der Waals surface area contributed by atoms with Crippen molar-refractivity contribution in [3.63, 3.8) is 0 Å². The number of carbonyl (C=O) groups excluding carboxylic acids is 2. The van der Waals surface area contributed by atoms with E-state index >= 15 is 0 Å². The number of rotatable bonds is 0. The molecule has 24 heavy (non-hydrogen) atoms. The fraction of sp³-hybridized carbons (Fsp3) is 0.667. The third kappa shape index (κ3) is 26.3. The molecular formula is C6Cl12O6. The number of carbonyl (C=O) groups is 2. The molecule has 0 radical (unpaired) electrons. The minimum atomic E-state index is -2.24. The van der Waals surface area contributed by atoms with Crippen LogP contribution in [0.25, 0.3) is 0 Å². The van der Waals surface area contributed by atoms with Gasteiger partial charge in [-0.3, -0.25) is 0 Å². The Morgan fingerprint density at radius 2 is 0.542 bits per heavy atom. The van der Waals surface area contributed by atoms with Gasteiger partial charge in [0, 0.05) is 0 Å². The van der Waals surface area contributed by atoms with Crippen molar-refractivity contribution >= 4 is 152 Å². The highest BCUT2D eigenvalue weighted by molar-refractivity contribution is 6.68. The van der Waals surface area contributed by atoms with Crippen LogP contribution in [0.5, 0.6) is 0 Å². The molecule has 0 amide bonds. The Bertz CT molecular complexity index is 340. The van der Waals surface area contributed by atoms with Crippen molar-refractivity contribution in [3.05, 3.63) is 0 Å². The van der Waals surface area contributed by atoms with Crippen LogP contribution < -0.4 is 0 Å². The van der Waals surface area contributed by atoms with Gasteiger partial charge in [-0.1, -0.05) is 0 Å². The third-order valence-corrected chi connectivity index (χ3v) is 1.72. The summed E-state index contributed by atoms with van der Waals surface area (Å²) in [6, 6.07) is 0. The summed E-state index contributed by atoms with van der Waals surface area (Å²) in [4.78, 5) is 21.0. The first kappa shape index (κ1) is 28.2. The van der Waals surface area contributed by atoms with Crippen LogP contribution in [0, 0.1) is 0 Å². The van der Waals surface area contributed by atoms with Crippen LogP contribution in [0.1, 0.15) is 0 Å². The van der Waals surface area contributed by atoms with Crippen LogP contribution in [0.4, 0.5) is 9.59 Å². The molecule has 0 spiro atoms. The van der Waals surface area contributed by atoms with E-state index in [1.54, 1.807) is 0 Å². The second kappa shape index (κ2) is 11.1. The minimum absolute atomic E-state index is 1.41. The van der Waals surface area contributed by atoms with Crippen molar-refractivity contribution in [3.8, 4) is 0 Å². The van der Waals surface area contributed by atoms with E-state index in [1.807, 2.05) is 0 Å². The summed E-state index contributed by atoms with van der Waals surface area (Å²) in [5.41, 5.74) is 0. The summed E-state index contributed by atoms with van der Waals surface area (Å²) in [6.45, 7) is 0. The standard InChI is InChI=1S/2C3Cl6O3/c2*4-2(5,6)11-1(10)12-3(7,8)9. The van der Waals surface area contributed by atoms with Crippen LogP contribution in [0.3, 0.4) is 0 Å². The van der Waals surface area contributed by atoms with Gasteiger partial charge < -0.3 is 18.9 Å². The van der Waals surface area contributed by atoms with Crippen LogP contribution in [-0.4, -0.2) is 28.2 Å². The number of hydrogen-bond donors (Lipinski definition) is 0. The van der Waals surface area contributed by atoms with Crippen LogP contribution in [-0.2, 0) is 18.9 Å². The molecule has 0 saturated carbocycles. The summed E-state index contributed by atoms with van der Waals surface area (Å²) in [7, 11) is 0. The second-order valence-electron chi connectivity index (χ2n) is 2.69. The zero-order valence-electron chi connectivity index (χ0n) is 9.99. The van der Waals surface area contributed by atoms with E-state index in [9.17, 15) is 9.59 Å². The van der Waals surface area contributed by atoms with E-state index in [0.717, 1.165) is 0 Å². The summed E-state index contributed by atoms with van der Waals surface area (Å²) in [5, 5.41) is 0. The highest BCUT2D eigenvalue weighted by Gasteiger charge is 2.33. The van der Waals surface area contributed by atoms with Gasteiger partial charge in [-0.15, -0.1) is 0 Å². The number of hydrogen-bond acceptors (Lipinski definition) is 6. The maximum atomic E-state index is 10.5. The van der Waals surface area contributed by atoms with E-state index in [-0.39, 0.29) is 0 Å². The molecule has 0 saturated heterocycles. The first-order valence-electron chi connectivity index (χ1n) is 4.31. The van der Waals surface area contributed by atoms with E-state index in [4.69, 9.17) is 139 Å². The smallest absolute Gasteiger partial charge is 0.382 e. The van der Waals surface area contributed by atoms with Crippen molar-refractivity contribution in [2.75, 3.05) is 0 Å². The first-order chi connectivity index (χ1) is 10.2. The predicted octanol–water partition coefficient (Wildman–Crippen LogP) is 7.59. The summed E-state index contributed by atoms with van der Waals surface area (Å²) in [6.07, 6.45) is -2.81. The van der Waals surface area contributed by atoms with E-state index in [2.05, 4.69) is 18.9 Å². The summed E-state index contributed by atoms with van der Waals surface area (Å²) in [5.74, 6) is 0. The van der Waals surface area contributed by atoms with E-state index in [1.165, 1.54) is 0 Å². The molecule has 0 aromatic rings. The topological polar surface area (TPSA) is 71.1 Å². The number of alkyl halides is 12. The molecule has 18 heteroatoms. The van der Waals surface area contributed by atoms with Crippen LogP contribution >= 0.6 is 139 Å². The average molecular weight is 593 g/mol. The molecule has 0 aromatic carbocycles. The van der Waals surface area contributed by atoms with Gasteiger partial charge in [0.25, 0.3) is 0 Å². The molecule has 0 rings (SSSR count). The molecule has 0 unspecified atom stereocenters. The Balaban J connectivity index is 0. The number of halogens is 12. The van der Waals surface area contributed by atoms with E-state index < -0.39 is 28.2 Å². The quantitative estimate of drug-likeness (QED) is 0.213. The van der Waals surface area contributed by atoms with Gasteiger partial charge >= 0.3 is 28.2 Å². The van der Waals surface area contributed by atoms with Gasteiger partial charge in [0.2, 0.25) is 0 Å². The van der Waals surface area contributed by atoms with Gasteiger partial charge in [-0.25, -0.2) is 9.59 Å². The molecule has 0 aliphatic rings. The first-order valence-corrected chi connectivity index (χ1v) is 8.84. The van der Waals surface area contributed by atoms with Crippen molar-refractivity contribution in [1.82, 2.24) is 0 Å². The molecule has 6 nitrogen and oxygen atoms in total. The highest BCUT2D eigenvalue weighted by Crippen LogP contribution is 2.33. The normalized spacial score (nSPS) is 12.5. The van der Waals surface area contributed by atoms with E-state index in [0.29, 0.717) is 0 Å². The van der Waals surface area contributed by atoms with Gasteiger partial charge in [0.05, 0.1) is 0 Å². The number of ether oxygens (including phenoxy) is 4. The van der Waals surface area contributed by atoms with Gasteiger partial charge in [0.15, 0.2) is 0 Å². The lowest BCUT2D eigenvalue weighted by Crippen LogP contribution is -2.22. The molecule has 144 valence electrons. The maximum Gasteiger partial charge on any atom is 0.515 e. The van der Waals surface area contributed by atoms with Gasteiger partial charge in [-0.2, -0.15) is 0 Å². The molecule has 0 N–H and O–H groups in total. The summed E-state index contributed by atoms with van der Waals surface area (Å²) < 4.78 is 7.01. The molecule has 0 bridgehead atoms. The maximum absolute atomic E-state index is 10.5. The highest BCUT2D eigenvalue weighted by atomic mass is 35.6. The largest absolute Gasteiger partial charge is 0.515 e. The predicted molar refractivity (Wildman–Crippen MR) is 96.3 cm³/mol. The SMILES string of the molecule is O=C(OC(Cl)(Cl)Cl)OC(Cl)(Cl)Cl.O=C(OC(Cl)(Cl)Cl)OC(Cl)(Cl)Cl. The van der Waals surface area contributed by atoms with Crippen LogP contribution in [0.15, 0.2) is 0 Å². The fourth-order valence-electron chi connectivity index (χ4n) is 0.420. The minimum Gasteiger partial charge on any atom is -0.382 e. The van der Waals surface area contributed by atoms with Crippen LogP contribution in [0.2, 0.25) is 0 Å². The lowest BCUT2D eigenvalue weighted by Gasteiger charge is -2.15. The second-order valence-corrected chi connectivity index (χ2v) is 11.4. The Labute approximate surface area is 194 Å². The van der Waals surface area contributed by atoms with Crippen molar-refractivity contribution < 1.29 is 28.5 Å². The molecule has 0 aliphatic carbocycles. The van der Waals surface area contributed by atoms with Crippen molar-refractivity contribution in [2.45, 2.75) is 15.9 Å². The molecule has 0 aliphatic heterocycles. The molecule has 0 heterocycles. The summed E-state index contributed by atoms with van der Waals surface area (Å²) >= 11 is 60.4. The van der Waals surface area contributed by atoms with Crippen molar-refractivity contribution in [1.29, 1.82) is 0 Å². The Morgan fingerprint density at radius 3 is 0.625 bits per heavy atom. The Morgan fingerprint density at radius 1 is 0.417 bits per heavy atom. The Kier molecular flexibility index (Phi) is 13.1. The monoisotopic (exact) mass is 588 g/mol. The zero-order chi connectivity index (χ0) is 20.0. The fourth-order valence-corrected chi connectivity index (χ4v) is 1.18. The van der Waals surface area contributed by atoms with Gasteiger partial charge in [-0.05, 0) is 139 Å². The van der Waals surface area contributed by atoms with Crippen molar-refractivity contribution in [2.24, 2.45) is 0 Å². The average Bonchev–Trinajstić information content (AvgIpc) is 2.02. The molecule has 0 aromatic heterocycles. The lowest BCUT2D eigenvalue weighted by molar-refractivity contribution is 0.0497. The Hall–Kier alpha value is 2.02. The lowest BCUT2D eigenvalue weighted by atomic mass is 11.3.